The Kier molecular flexibility index (Phi) is 7.73. The van der Waals surface area contributed by atoms with Gasteiger partial charge < -0.3 is 19.9 Å². The molecule has 2 fully saturated rings. The zero-order valence-electron chi connectivity index (χ0n) is 23.4. The summed E-state index contributed by atoms with van der Waals surface area (Å²) in [6, 6.07) is 6.59. The van der Waals surface area contributed by atoms with E-state index in [0.29, 0.717) is 17.8 Å². The third-order valence-electron chi connectivity index (χ3n) is 7.88. The zero-order chi connectivity index (χ0) is 28.2. The number of halogens is 1. The van der Waals surface area contributed by atoms with Gasteiger partial charge in [-0.05, 0) is 42.5 Å². The summed E-state index contributed by atoms with van der Waals surface area (Å²) in [5.74, 6) is 1.56. The van der Waals surface area contributed by atoms with Gasteiger partial charge in [0.1, 0.15) is 12.1 Å². The van der Waals surface area contributed by atoms with Crippen molar-refractivity contribution in [3.63, 3.8) is 0 Å². The van der Waals surface area contributed by atoms with Crippen LogP contribution >= 0.6 is 0 Å². The summed E-state index contributed by atoms with van der Waals surface area (Å²) >= 11 is 0. The summed E-state index contributed by atoms with van der Waals surface area (Å²) in [6.45, 7) is 8.70. The van der Waals surface area contributed by atoms with Crippen molar-refractivity contribution in [2.75, 3.05) is 47.9 Å². The van der Waals surface area contributed by atoms with Gasteiger partial charge in [-0.1, -0.05) is 26.0 Å². The Balaban J connectivity index is 1.04. The standard InChI is InChI=1S/C29H35FN10O/c1-29(2,21-6-8-23(30)9-7-21)22-15-31-27(32-16-22)38-10-12-39(13-11-38)28-34-20-33-26(37-28)36-24-17-35-40(18-24)19-25-5-3-4-14-41-25/h6-9,15-18,20,25H,3-5,10-14,19H2,1-2H3,(H,33,34,36,37)/t25-/m0/s1. The molecular weight excluding hydrogens is 523 g/mol. The molecule has 0 amide bonds. The number of hydrogen-bond donors (Lipinski definition) is 1. The number of benzene rings is 1. The number of rotatable bonds is 8. The molecule has 3 aromatic heterocycles. The maximum absolute atomic E-state index is 13.4. The van der Waals surface area contributed by atoms with Crippen molar-refractivity contribution in [2.45, 2.75) is 51.2 Å². The highest BCUT2D eigenvalue weighted by molar-refractivity contribution is 5.52. The number of aromatic nitrogens is 7. The van der Waals surface area contributed by atoms with Gasteiger partial charge in [0.05, 0.1) is 24.5 Å². The van der Waals surface area contributed by atoms with E-state index in [4.69, 9.17) is 4.74 Å². The van der Waals surface area contributed by atoms with Crippen molar-refractivity contribution in [3.8, 4) is 0 Å². The van der Waals surface area contributed by atoms with Crippen LogP contribution in [0.4, 0.5) is 27.9 Å². The number of nitrogens with one attached hydrogen (secondary N) is 1. The summed E-state index contributed by atoms with van der Waals surface area (Å²) in [5, 5.41) is 7.70. The third kappa shape index (κ3) is 6.27. The summed E-state index contributed by atoms with van der Waals surface area (Å²) in [4.78, 5) is 27.0. The molecule has 2 aliphatic rings. The first-order chi connectivity index (χ1) is 19.9. The summed E-state index contributed by atoms with van der Waals surface area (Å²) in [6.07, 6.45) is 12.6. The molecule has 12 heteroatoms. The first-order valence-electron chi connectivity index (χ1n) is 14.1. The van der Waals surface area contributed by atoms with E-state index in [-0.39, 0.29) is 17.3 Å². The van der Waals surface area contributed by atoms with Crippen molar-refractivity contribution in [2.24, 2.45) is 0 Å². The third-order valence-corrected chi connectivity index (χ3v) is 7.88. The van der Waals surface area contributed by atoms with Gasteiger partial charge in [0.25, 0.3) is 0 Å². The fourth-order valence-electron chi connectivity index (χ4n) is 5.26. The van der Waals surface area contributed by atoms with E-state index in [2.05, 4.69) is 59.0 Å². The highest BCUT2D eigenvalue weighted by atomic mass is 19.1. The fourth-order valence-corrected chi connectivity index (χ4v) is 5.26. The van der Waals surface area contributed by atoms with Crippen LogP contribution in [0.1, 0.15) is 44.2 Å². The normalized spacial score (nSPS) is 18.0. The van der Waals surface area contributed by atoms with E-state index in [0.717, 1.165) is 69.0 Å². The molecule has 41 heavy (non-hydrogen) atoms. The number of nitrogens with zero attached hydrogens (tertiary/aromatic N) is 9. The second kappa shape index (κ2) is 11.7. The molecule has 6 rings (SSSR count). The Morgan fingerprint density at radius 1 is 0.902 bits per heavy atom. The Hall–Kier alpha value is -4.19. The first-order valence-corrected chi connectivity index (χ1v) is 14.1. The van der Waals surface area contributed by atoms with Gasteiger partial charge >= 0.3 is 0 Å². The number of piperazine rings is 1. The van der Waals surface area contributed by atoms with E-state index >= 15 is 0 Å². The minimum Gasteiger partial charge on any atom is -0.376 e. The fraction of sp³-hybridized carbons (Fsp3) is 0.448. The van der Waals surface area contributed by atoms with Crippen molar-refractivity contribution >= 4 is 23.5 Å². The Morgan fingerprint density at radius 2 is 1.63 bits per heavy atom. The van der Waals surface area contributed by atoms with Gasteiger partial charge in [0.15, 0.2) is 0 Å². The van der Waals surface area contributed by atoms with Crippen LogP contribution in [0, 0.1) is 5.82 Å². The Morgan fingerprint density at radius 3 is 2.34 bits per heavy atom. The highest BCUT2D eigenvalue weighted by Gasteiger charge is 2.26. The molecule has 1 atom stereocenters. The van der Waals surface area contributed by atoms with Crippen LogP contribution in [0.15, 0.2) is 55.4 Å². The van der Waals surface area contributed by atoms with E-state index in [9.17, 15) is 4.39 Å². The second-order valence-electron chi connectivity index (χ2n) is 11.1. The van der Waals surface area contributed by atoms with E-state index in [1.165, 1.54) is 24.9 Å². The Bertz CT molecular complexity index is 1430. The van der Waals surface area contributed by atoms with Crippen LogP contribution in [0.5, 0.6) is 0 Å². The molecule has 5 heterocycles. The van der Waals surface area contributed by atoms with Crippen LogP contribution in [0.25, 0.3) is 0 Å². The average Bonchev–Trinajstić information content (AvgIpc) is 3.44. The molecule has 11 nitrogen and oxygen atoms in total. The molecule has 0 saturated carbocycles. The first kappa shape index (κ1) is 27.0. The van der Waals surface area contributed by atoms with Crippen LogP contribution in [0.3, 0.4) is 0 Å². The van der Waals surface area contributed by atoms with Gasteiger partial charge in [-0.15, -0.1) is 0 Å². The SMILES string of the molecule is CC(C)(c1ccc(F)cc1)c1cnc(N2CCN(c3ncnc(Nc4cnn(C[C@@H]5CCCCO5)c4)n3)CC2)nc1. The molecule has 0 aliphatic carbocycles. The number of ether oxygens (including phenoxy) is 1. The van der Waals surface area contributed by atoms with Crippen LogP contribution in [-0.4, -0.2) is 73.6 Å². The van der Waals surface area contributed by atoms with Crippen LogP contribution in [0.2, 0.25) is 0 Å². The molecule has 1 aromatic carbocycles. The molecule has 4 aromatic rings. The van der Waals surface area contributed by atoms with E-state index in [1.807, 2.05) is 35.4 Å². The highest BCUT2D eigenvalue weighted by Crippen LogP contribution is 2.31. The summed E-state index contributed by atoms with van der Waals surface area (Å²) in [5.41, 5.74) is 2.48. The molecule has 2 saturated heterocycles. The minimum atomic E-state index is -0.335. The lowest BCUT2D eigenvalue weighted by Crippen LogP contribution is -2.47. The summed E-state index contributed by atoms with van der Waals surface area (Å²) in [7, 11) is 0. The number of anilines is 4. The molecule has 214 valence electrons. The zero-order valence-corrected chi connectivity index (χ0v) is 23.4. The topological polar surface area (TPSA) is 110 Å². The predicted molar refractivity (Wildman–Crippen MR) is 154 cm³/mol. The van der Waals surface area contributed by atoms with Crippen LogP contribution < -0.4 is 15.1 Å². The van der Waals surface area contributed by atoms with Crippen LogP contribution in [-0.2, 0) is 16.7 Å². The van der Waals surface area contributed by atoms with E-state index in [1.54, 1.807) is 6.20 Å². The van der Waals surface area contributed by atoms with Crippen molar-refractivity contribution in [3.05, 3.63) is 72.3 Å². The largest absolute Gasteiger partial charge is 0.376 e. The average molecular weight is 559 g/mol. The molecule has 0 radical (unpaired) electrons. The predicted octanol–water partition coefficient (Wildman–Crippen LogP) is 3.96. The van der Waals surface area contributed by atoms with Gasteiger partial charge in [-0.25, -0.2) is 24.3 Å². The Labute approximate surface area is 238 Å². The molecule has 0 spiro atoms. The maximum atomic E-state index is 13.4. The van der Waals surface area contributed by atoms with Gasteiger partial charge in [-0.2, -0.15) is 10.1 Å². The lowest BCUT2D eigenvalue weighted by atomic mass is 9.79. The molecule has 0 unspecified atom stereocenters. The van der Waals surface area contributed by atoms with Gasteiger partial charge in [0.2, 0.25) is 17.8 Å². The van der Waals surface area contributed by atoms with Gasteiger partial charge in [-0.3, -0.25) is 4.68 Å². The minimum absolute atomic E-state index is 0.218. The maximum Gasteiger partial charge on any atom is 0.232 e. The van der Waals surface area contributed by atoms with E-state index < -0.39 is 0 Å². The number of hydrogen-bond acceptors (Lipinski definition) is 10. The lowest BCUT2D eigenvalue weighted by Gasteiger charge is -2.35. The molecule has 1 N–H and O–H groups in total. The van der Waals surface area contributed by atoms with Gasteiger partial charge in [0, 0.05) is 56.8 Å². The molecule has 0 bridgehead atoms. The van der Waals surface area contributed by atoms with Crippen molar-refractivity contribution in [1.29, 1.82) is 0 Å². The smallest absolute Gasteiger partial charge is 0.232 e. The lowest BCUT2D eigenvalue weighted by molar-refractivity contribution is 0.00400. The van der Waals surface area contributed by atoms with Crippen molar-refractivity contribution < 1.29 is 9.13 Å². The molecular formula is C29H35FN10O. The van der Waals surface area contributed by atoms with Crippen molar-refractivity contribution in [1.82, 2.24) is 34.7 Å². The quantitative estimate of drug-likeness (QED) is 0.341. The monoisotopic (exact) mass is 558 g/mol. The second-order valence-corrected chi connectivity index (χ2v) is 11.1. The molecule has 2 aliphatic heterocycles. The summed E-state index contributed by atoms with van der Waals surface area (Å²) < 4.78 is 21.1.